The summed E-state index contributed by atoms with van der Waals surface area (Å²) < 4.78 is 0. The molecule has 0 aromatic heterocycles. The number of hydrogen-bond acceptors (Lipinski definition) is 4. The monoisotopic (exact) mass is 422 g/mol. The largest absolute Gasteiger partial charge is 0.322 e. The molecule has 0 unspecified atom stereocenters. The zero-order chi connectivity index (χ0) is 20.5. The van der Waals surface area contributed by atoms with Crippen molar-refractivity contribution in [1.82, 2.24) is 0 Å². The number of benzene rings is 3. The number of halogens is 1. The van der Waals surface area contributed by atoms with Crippen LogP contribution in [0.2, 0.25) is 5.02 Å². The van der Waals surface area contributed by atoms with E-state index in [9.17, 15) is 14.4 Å². The van der Waals surface area contributed by atoms with Crippen LogP contribution >= 0.6 is 23.4 Å². The van der Waals surface area contributed by atoms with Gasteiger partial charge in [-0.25, -0.2) is 4.90 Å². The van der Waals surface area contributed by atoms with Crippen molar-refractivity contribution in [2.24, 2.45) is 0 Å². The summed E-state index contributed by atoms with van der Waals surface area (Å²) >= 11 is 7.95. The highest BCUT2D eigenvalue weighted by Gasteiger charge is 2.37. The molecule has 0 saturated carbocycles. The number of rotatable bonds is 4. The van der Waals surface area contributed by atoms with Crippen LogP contribution in [0.4, 0.5) is 11.4 Å². The Kier molecular flexibility index (Phi) is 5.13. The molecule has 5 nitrogen and oxygen atoms in total. The van der Waals surface area contributed by atoms with Gasteiger partial charge in [0.1, 0.15) is 0 Å². The summed E-state index contributed by atoms with van der Waals surface area (Å²) in [6.07, 6.45) is 1.97. The van der Waals surface area contributed by atoms with Crippen LogP contribution in [-0.4, -0.2) is 24.0 Å². The van der Waals surface area contributed by atoms with Gasteiger partial charge in [-0.2, -0.15) is 0 Å². The first-order valence-electron chi connectivity index (χ1n) is 8.72. The van der Waals surface area contributed by atoms with Crippen LogP contribution in [0, 0.1) is 0 Å². The van der Waals surface area contributed by atoms with Crippen LogP contribution in [-0.2, 0) is 0 Å². The molecule has 0 spiro atoms. The molecule has 0 saturated heterocycles. The first-order chi connectivity index (χ1) is 14.0. The minimum absolute atomic E-state index is 0.190. The van der Waals surface area contributed by atoms with Gasteiger partial charge in [0, 0.05) is 16.1 Å². The molecule has 7 heteroatoms. The minimum Gasteiger partial charge on any atom is -0.322 e. The Morgan fingerprint density at radius 3 is 2.10 bits per heavy atom. The molecule has 1 heterocycles. The molecule has 3 aromatic rings. The second-order valence-corrected chi connectivity index (χ2v) is 7.63. The van der Waals surface area contributed by atoms with Gasteiger partial charge in [0.2, 0.25) is 0 Å². The fourth-order valence-electron chi connectivity index (χ4n) is 3.12. The fraction of sp³-hybridized carbons (Fsp3) is 0.0455. The van der Waals surface area contributed by atoms with E-state index in [0.29, 0.717) is 22.4 Å². The highest BCUT2D eigenvalue weighted by Crippen LogP contribution is 2.34. The van der Waals surface area contributed by atoms with Crippen LogP contribution in [0.1, 0.15) is 31.1 Å². The fourth-order valence-corrected chi connectivity index (χ4v) is 3.79. The molecule has 0 aliphatic carbocycles. The van der Waals surface area contributed by atoms with Crippen LogP contribution in [0.25, 0.3) is 0 Å². The van der Waals surface area contributed by atoms with Gasteiger partial charge in [-0.05, 0) is 60.9 Å². The van der Waals surface area contributed by atoms with Crippen molar-refractivity contribution in [2.45, 2.75) is 4.90 Å². The number of nitrogens with zero attached hydrogens (tertiary/aromatic N) is 1. The Hall–Kier alpha value is -3.09. The quantitative estimate of drug-likeness (QED) is 0.468. The van der Waals surface area contributed by atoms with Gasteiger partial charge in [0.05, 0.1) is 21.8 Å². The average Bonchev–Trinajstić information content (AvgIpc) is 2.99. The van der Waals surface area contributed by atoms with E-state index in [1.165, 1.54) is 6.07 Å². The molecule has 4 rings (SSSR count). The van der Waals surface area contributed by atoms with Crippen molar-refractivity contribution >= 4 is 52.5 Å². The van der Waals surface area contributed by atoms with Gasteiger partial charge in [0.25, 0.3) is 17.7 Å². The molecule has 0 radical (unpaired) electrons. The Morgan fingerprint density at radius 2 is 1.55 bits per heavy atom. The highest BCUT2D eigenvalue weighted by molar-refractivity contribution is 7.98. The lowest BCUT2D eigenvalue weighted by atomic mass is 10.1. The molecule has 144 valence electrons. The summed E-state index contributed by atoms with van der Waals surface area (Å²) in [4.78, 5) is 39.8. The summed E-state index contributed by atoms with van der Waals surface area (Å²) in [5.74, 6) is -1.11. The van der Waals surface area contributed by atoms with Gasteiger partial charge < -0.3 is 5.32 Å². The standard InChI is InChI=1S/C22H15ClN2O3S/c1-29-15-9-6-13(7-10-15)20(26)24-14-8-11-19(18(23)12-14)25-21(27)16-4-2-3-5-17(16)22(25)28/h2-12H,1H3,(H,24,26). The highest BCUT2D eigenvalue weighted by atomic mass is 35.5. The van der Waals surface area contributed by atoms with E-state index in [2.05, 4.69) is 5.32 Å². The molecule has 3 aromatic carbocycles. The topological polar surface area (TPSA) is 66.5 Å². The number of amides is 3. The smallest absolute Gasteiger partial charge is 0.266 e. The van der Waals surface area contributed by atoms with Crippen molar-refractivity contribution in [1.29, 1.82) is 0 Å². The molecule has 1 N–H and O–H groups in total. The lowest BCUT2D eigenvalue weighted by Gasteiger charge is -2.16. The van der Waals surface area contributed by atoms with Gasteiger partial charge in [0.15, 0.2) is 0 Å². The Balaban J connectivity index is 1.56. The maximum Gasteiger partial charge on any atom is 0.266 e. The zero-order valence-electron chi connectivity index (χ0n) is 15.3. The summed E-state index contributed by atoms with van der Waals surface area (Å²) in [6.45, 7) is 0. The Labute approximate surface area is 176 Å². The molecule has 0 bridgehead atoms. The first kappa shape index (κ1) is 19.2. The second kappa shape index (κ2) is 7.73. The van der Waals surface area contributed by atoms with E-state index in [-0.39, 0.29) is 16.6 Å². The molecular weight excluding hydrogens is 408 g/mol. The van der Waals surface area contributed by atoms with E-state index in [1.807, 2.05) is 18.4 Å². The van der Waals surface area contributed by atoms with Gasteiger partial charge in [-0.3, -0.25) is 14.4 Å². The van der Waals surface area contributed by atoms with Crippen LogP contribution < -0.4 is 10.2 Å². The average molecular weight is 423 g/mol. The Morgan fingerprint density at radius 1 is 0.931 bits per heavy atom. The van der Waals surface area contributed by atoms with Crippen molar-refractivity contribution in [3.05, 3.63) is 88.4 Å². The van der Waals surface area contributed by atoms with E-state index < -0.39 is 11.8 Å². The molecular formula is C22H15ClN2O3S. The van der Waals surface area contributed by atoms with Crippen molar-refractivity contribution < 1.29 is 14.4 Å². The third kappa shape index (κ3) is 3.52. The van der Waals surface area contributed by atoms with Gasteiger partial charge in [-0.1, -0.05) is 23.7 Å². The number of nitrogens with one attached hydrogen (secondary N) is 1. The summed E-state index contributed by atoms with van der Waals surface area (Å²) in [6, 6.07) is 18.6. The number of anilines is 2. The van der Waals surface area contributed by atoms with Gasteiger partial charge >= 0.3 is 0 Å². The molecule has 1 aliphatic heterocycles. The van der Waals surface area contributed by atoms with E-state index in [1.54, 1.807) is 60.3 Å². The van der Waals surface area contributed by atoms with E-state index >= 15 is 0 Å². The number of imide groups is 1. The van der Waals surface area contributed by atoms with Crippen molar-refractivity contribution in [2.75, 3.05) is 16.5 Å². The van der Waals surface area contributed by atoms with E-state index in [0.717, 1.165) is 9.80 Å². The minimum atomic E-state index is -0.418. The normalized spacial score (nSPS) is 12.8. The summed E-state index contributed by atoms with van der Waals surface area (Å²) in [5, 5.41) is 2.97. The number of carbonyl (C=O) groups is 3. The first-order valence-corrected chi connectivity index (χ1v) is 10.3. The molecule has 3 amide bonds. The molecule has 0 atom stereocenters. The van der Waals surface area contributed by atoms with Gasteiger partial charge in [-0.15, -0.1) is 11.8 Å². The Bertz CT molecular complexity index is 1110. The second-order valence-electron chi connectivity index (χ2n) is 6.34. The van der Waals surface area contributed by atoms with Crippen LogP contribution in [0.15, 0.2) is 71.6 Å². The maximum absolute atomic E-state index is 12.6. The third-order valence-corrected chi connectivity index (χ3v) is 5.64. The number of fused-ring (bicyclic) bond motifs is 1. The van der Waals surface area contributed by atoms with Crippen LogP contribution in [0.5, 0.6) is 0 Å². The predicted molar refractivity (Wildman–Crippen MR) is 115 cm³/mol. The summed E-state index contributed by atoms with van der Waals surface area (Å²) in [7, 11) is 0. The lowest BCUT2D eigenvalue weighted by Crippen LogP contribution is -2.29. The van der Waals surface area contributed by atoms with E-state index in [4.69, 9.17) is 11.6 Å². The zero-order valence-corrected chi connectivity index (χ0v) is 16.9. The molecule has 1 aliphatic rings. The lowest BCUT2D eigenvalue weighted by molar-refractivity contribution is 0.0924. The maximum atomic E-state index is 12.6. The summed E-state index contributed by atoms with van der Waals surface area (Å²) in [5.41, 5.74) is 1.96. The molecule has 0 fully saturated rings. The van der Waals surface area contributed by atoms with Crippen molar-refractivity contribution in [3.63, 3.8) is 0 Å². The van der Waals surface area contributed by atoms with Crippen molar-refractivity contribution in [3.8, 4) is 0 Å². The number of carbonyl (C=O) groups excluding carboxylic acids is 3. The number of thioether (sulfide) groups is 1. The predicted octanol–water partition coefficient (Wildman–Crippen LogP) is 5.11. The SMILES string of the molecule is CSc1ccc(C(=O)Nc2ccc(N3C(=O)c4ccccc4C3=O)c(Cl)c2)cc1. The number of hydrogen-bond donors (Lipinski definition) is 1. The third-order valence-electron chi connectivity index (χ3n) is 4.59. The van der Waals surface area contributed by atoms with Crippen LogP contribution in [0.3, 0.4) is 0 Å². The molecule has 29 heavy (non-hydrogen) atoms.